The van der Waals surface area contributed by atoms with Gasteiger partial charge in [0.25, 0.3) is 5.91 Å². The number of hydrogen-bond donors (Lipinski definition) is 0. The van der Waals surface area contributed by atoms with Crippen molar-refractivity contribution in [1.82, 2.24) is 9.80 Å². The van der Waals surface area contributed by atoms with Gasteiger partial charge in [0.15, 0.2) is 0 Å². The summed E-state index contributed by atoms with van der Waals surface area (Å²) in [6, 6.07) is 17.1. The number of likely N-dealkylation sites (tertiary alicyclic amines) is 1. The average molecular weight is 451 g/mol. The first-order valence-electron chi connectivity index (χ1n) is 11.9. The van der Waals surface area contributed by atoms with Gasteiger partial charge in [0.2, 0.25) is 0 Å². The third-order valence-electron chi connectivity index (χ3n) is 6.25. The summed E-state index contributed by atoms with van der Waals surface area (Å²) in [6.45, 7) is 6.71. The summed E-state index contributed by atoms with van der Waals surface area (Å²) in [5, 5.41) is 0. The zero-order chi connectivity index (χ0) is 23.4. The Labute approximate surface area is 196 Å². The lowest BCUT2D eigenvalue weighted by Crippen LogP contribution is -2.48. The van der Waals surface area contributed by atoms with Crippen molar-refractivity contribution in [3.8, 4) is 11.5 Å². The van der Waals surface area contributed by atoms with Crippen molar-refractivity contribution in [1.29, 1.82) is 0 Å². The fourth-order valence-electron chi connectivity index (χ4n) is 4.76. The summed E-state index contributed by atoms with van der Waals surface area (Å²) in [5.41, 5.74) is 0.0214. The largest absolute Gasteiger partial charge is 0.457 e. The summed E-state index contributed by atoms with van der Waals surface area (Å²) in [4.78, 5) is 30.3. The molecule has 176 valence electrons. The molecule has 4 rings (SSSR count). The van der Waals surface area contributed by atoms with Gasteiger partial charge in [0, 0.05) is 19.1 Å². The highest BCUT2D eigenvalue weighted by Gasteiger charge is 2.39. The second-order valence-corrected chi connectivity index (χ2v) is 9.93. The molecule has 6 nitrogen and oxygen atoms in total. The smallest absolute Gasteiger partial charge is 0.410 e. The molecule has 2 aromatic carbocycles. The molecule has 0 aromatic heterocycles. The van der Waals surface area contributed by atoms with Crippen molar-refractivity contribution in [2.24, 2.45) is 0 Å². The van der Waals surface area contributed by atoms with Crippen molar-refractivity contribution in [2.45, 2.75) is 70.6 Å². The normalized spacial score (nSPS) is 18.9. The minimum atomic E-state index is -0.538. The first kappa shape index (κ1) is 23.1. The molecule has 2 fully saturated rings. The van der Waals surface area contributed by atoms with Crippen LogP contribution in [0.25, 0.3) is 0 Å². The molecule has 0 radical (unpaired) electrons. The van der Waals surface area contributed by atoms with Crippen LogP contribution in [-0.2, 0) is 4.74 Å². The Bertz CT molecular complexity index is 964. The van der Waals surface area contributed by atoms with Crippen molar-refractivity contribution in [3.05, 3.63) is 60.2 Å². The lowest BCUT2D eigenvalue weighted by molar-refractivity contribution is 0.0265. The van der Waals surface area contributed by atoms with Crippen LogP contribution in [0.2, 0.25) is 0 Å². The second-order valence-electron chi connectivity index (χ2n) is 9.93. The van der Waals surface area contributed by atoms with Crippen LogP contribution in [0, 0.1) is 0 Å². The van der Waals surface area contributed by atoms with Crippen LogP contribution in [0.5, 0.6) is 11.5 Å². The van der Waals surface area contributed by atoms with Crippen LogP contribution in [0.4, 0.5) is 4.79 Å². The van der Waals surface area contributed by atoms with Gasteiger partial charge >= 0.3 is 6.09 Å². The van der Waals surface area contributed by atoms with E-state index in [4.69, 9.17) is 9.47 Å². The predicted octanol–water partition coefficient (Wildman–Crippen LogP) is 5.87. The van der Waals surface area contributed by atoms with Crippen molar-refractivity contribution < 1.29 is 19.1 Å². The maximum Gasteiger partial charge on any atom is 0.410 e. The Balaban J connectivity index is 1.56. The Morgan fingerprint density at radius 1 is 0.909 bits per heavy atom. The molecule has 1 aliphatic carbocycles. The fourth-order valence-corrected chi connectivity index (χ4v) is 4.76. The molecule has 2 aromatic rings. The van der Waals surface area contributed by atoms with E-state index in [1.807, 2.05) is 80.3 Å². The molecule has 0 N–H and O–H groups in total. The zero-order valence-electron chi connectivity index (χ0n) is 19.8. The van der Waals surface area contributed by atoms with Crippen LogP contribution in [0.3, 0.4) is 0 Å². The van der Waals surface area contributed by atoms with Gasteiger partial charge in [-0.3, -0.25) is 4.79 Å². The number of para-hydroxylation sites is 2. The lowest BCUT2D eigenvalue weighted by atomic mass is 10.1. The van der Waals surface area contributed by atoms with Gasteiger partial charge in [-0.05, 0) is 64.3 Å². The van der Waals surface area contributed by atoms with Gasteiger partial charge in [-0.15, -0.1) is 0 Å². The number of carbonyl (C=O) groups excluding carboxylic acids is 2. The van der Waals surface area contributed by atoms with E-state index in [9.17, 15) is 9.59 Å². The van der Waals surface area contributed by atoms with Gasteiger partial charge in [0.1, 0.15) is 17.1 Å². The molecule has 0 spiro atoms. The van der Waals surface area contributed by atoms with Gasteiger partial charge in [-0.1, -0.05) is 43.2 Å². The molecule has 1 aliphatic heterocycles. The minimum Gasteiger partial charge on any atom is -0.457 e. The van der Waals surface area contributed by atoms with E-state index in [1.165, 1.54) is 0 Å². The number of benzene rings is 2. The third-order valence-corrected chi connectivity index (χ3v) is 6.25. The Morgan fingerprint density at radius 2 is 1.58 bits per heavy atom. The summed E-state index contributed by atoms with van der Waals surface area (Å²) in [5.74, 6) is 1.23. The van der Waals surface area contributed by atoms with Crippen LogP contribution >= 0.6 is 0 Å². The summed E-state index contributed by atoms with van der Waals surface area (Å²) < 4.78 is 11.7. The number of carbonyl (C=O) groups is 2. The van der Waals surface area contributed by atoms with Crippen molar-refractivity contribution >= 4 is 12.0 Å². The van der Waals surface area contributed by atoms with E-state index >= 15 is 0 Å². The summed E-state index contributed by atoms with van der Waals surface area (Å²) in [6.07, 6.45) is 4.69. The number of rotatable bonds is 5. The van der Waals surface area contributed by atoms with E-state index < -0.39 is 5.60 Å². The first-order valence-corrected chi connectivity index (χ1v) is 11.9. The first-order chi connectivity index (χ1) is 15.8. The molecular weight excluding hydrogens is 416 g/mol. The molecule has 2 aliphatic rings. The van der Waals surface area contributed by atoms with Crippen molar-refractivity contribution in [2.75, 3.05) is 13.1 Å². The number of amides is 2. The fraction of sp³-hybridized carbons (Fsp3) is 0.481. The second kappa shape index (κ2) is 9.86. The number of hydrogen-bond acceptors (Lipinski definition) is 4. The molecule has 1 heterocycles. The minimum absolute atomic E-state index is 0.0236. The molecule has 6 heteroatoms. The van der Waals surface area contributed by atoms with Crippen LogP contribution in [0.1, 0.15) is 63.2 Å². The van der Waals surface area contributed by atoms with Crippen LogP contribution < -0.4 is 4.74 Å². The standard InChI is InChI=1S/C27H34N2O4/c1-27(2,3)33-26(31)28-18-17-21(19-28)29(20-11-7-8-12-20)25(30)23-15-9-10-16-24(23)32-22-13-5-4-6-14-22/h4-6,9-10,13-16,20-21H,7-8,11-12,17-19H2,1-3H3/t21-/m0/s1. The van der Waals surface area contributed by atoms with Crippen LogP contribution in [0.15, 0.2) is 54.6 Å². The Kier molecular flexibility index (Phi) is 6.91. The van der Waals surface area contributed by atoms with Crippen molar-refractivity contribution in [3.63, 3.8) is 0 Å². The molecule has 1 saturated heterocycles. The lowest BCUT2D eigenvalue weighted by Gasteiger charge is -2.35. The SMILES string of the molecule is CC(C)(C)OC(=O)N1CC[C@H](N(C(=O)c2ccccc2Oc2ccccc2)C2CCCC2)C1. The van der Waals surface area contributed by atoms with Gasteiger partial charge in [-0.2, -0.15) is 0 Å². The Morgan fingerprint density at radius 3 is 2.27 bits per heavy atom. The molecule has 33 heavy (non-hydrogen) atoms. The number of ether oxygens (including phenoxy) is 2. The maximum absolute atomic E-state index is 13.9. The molecular formula is C27H34N2O4. The highest BCUT2D eigenvalue weighted by atomic mass is 16.6. The summed E-state index contributed by atoms with van der Waals surface area (Å²) >= 11 is 0. The Hall–Kier alpha value is -3.02. The highest BCUT2D eigenvalue weighted by molar-refractivity contribution is 5.97. The zero-order valence-corrected chi connectivity index (χ0v) is 19.8. The van der Waals surface area contributed by atoms with Crippen LogP contribution in [-0.4, -0.2) is 52.6 Å². The van der Waals surface area contributed by atoms with E-state index in [-0.39, 0.29) is 24.1 Å². The van der Waals surface area contributed by atoms with E-state index in [0.717, 1.165) is 32.1 Å². The van der Waals surface area contributed by atoms with E-state index in [1.54, 1.807) is 4.90 Å². The van der Waals surface area contributed by atoms with Gasteiger partial charge < -0.3 is 19.3 Å². The van der Waals surface area contributed by atoms with Gasteiger partial charge in [0.05, 0.1) is 11.6 Å². The molecule has 0 unspecified atom stereocenters. The quantitative estimate of drug-likeness (QED) is 0.571. The maximum atomic E-state index is 13.9. The van der Waals surface area contributed by atoms with E-state index in [2.05, 4.69) is 0 Å². The monoisotopic (exact) mass is 450 g/mol. The summed E-state index contributed by atoms with van der Waals surface area (Å²) in [7, 11) is 0. The molecule has 0 bridgehead atoms. The third kappa shape index (κ3) is 5.67. The molecule has 2 amide bonds. The average Bonchev–Trinajstić information content (AvgIpc) is 3.47. The molecule has 1 atom stereocenters. The number of nitrogens with zero attached hydrogens (tertiary/aromatic N) is 2. The molecule has 1 saturated carbocycles. The van der Waals surface area contributed by atoms with Gasteiger partial charge in [-0.25, -0.2) is 4.79 Å². The van der Waals surface area contributed by atoms with E-state index in [0.29, 0.717) is 30.2 Å². The topological polar surface area (TPSA) is 59.1 Å². The predicted molar refractivity (Wildman–Crippen MR) is 128 cm³/mol. The highest BCUT2D eigenvalue weighted by Crippen LogP contribution is 2.33.